The molecule has 1 aromatic carbocycles. The molecular formula is C28H33N5O5S. The second-order valence-electron chi connectivity index (χ2n) is 9.49. The summed E-state index contributed by atoms with van der Waals surface area (Å²) in [6.45, 7) is 3.97. The maximum atomic E-state index is 13.4. The van der Waals surface area contributed by atoms with Crippen LogP contribution in [0.25, 0.3) is 0 Å². The maximum Gasteiger partial charge on any atom is 0.273 e. The standard InChI is InChI=1S/C28H33N5O5S/c1-36-22-8-7-20(24(37-2)25(22)38-3)27(34)32-12-9-19(10-13-32)26-30-21(18-39-26)28(35)33-16-14-31(15-17-33)23-6-4-5-11-29-23/h4-8,11,18-19H,9-10,12-17H2,1-3H3. The van der Waals surface area contributed by atoms with Crippen molar-refractivity contribution in [3.8, 4) is 17.2 Å². The zero-order valence-electron chi connectivity index (χ0n) is 22.5. The first-order valence-corrected chi connectivity index (χ1v) is 13.9. The molecule has 4 heterocycles. The number of amides is 2. The lowest BCUT2D eigenvalue weighted by Crippen LogP contribution is -2.49. The van der Waals surface area contributed by atoms with Gasteiger partial charge in [-0.25, -0.2) is 9.97 Å². The van der Waals surface area contributed by atoms with E-state index in [0.717, 1.165) is 36.8 Å². The summed E-state index contributed by atoms with van der Waals surface area (Å²) in [6.07, 6.45) is 3.35. The molecule has 0 bridgehead atoms. The number of thiazole rings is 1. The summed E-state index contributed by atoms with van der Waals surface area (Å²) in [7, 11) is 4.59. The molecule has 2 aliphatic rings. The Bertz CT molecular complexity index is 1300. The van der Waals surface area contributed by atoms with E-state index in [2.05, 4.69) is 9.88 Å². The van der Waals surface area contributed by atoms with Gasteiger partial charge in [0.15, 0.2) is 11.5 Å². The molecule has 0 spiro atoms. The number of carbonyl (C=O) groups excluding carboxylic acids is 2. The van der Waals surface area contributed by atoms with Crippen LogP contribution in [0.1, 0.15) is 44.6 Å². The summed E-state index contributed by atoms with van der Waals surface area (Å²) in [4.78, 5) is 41.5. The lowest BCUT2D eigenvalue weighted by atomic mass is 9.96. The molecule has 3 aromatic rings. The summed E-state index contributed by atoms with van der Waals surface area (Å²) in [5, 5.41) is 2.83. The van der Waals surface area contributed by atoms with E-state index in [1.165, 1.54) is 25.6 Å². The number of likely N-dealkylation sites (tertiary alicyclic amines) is 1. The zero-order valence-corrected chi connectivity index (χ0v) is 23.3. The van der Waals surface area contributed by atoms with Crippen LogP contribution in [0.3, 0.4) is 0 Å². The van der Waals surface area contributed by atoms with Crippen LogP contribution < -0.4 is 19.1 Å². The number of nitrogens with zero attached hydrogens (tertiary/aromatic N) is 5. The van der Waals surface area contributed by atoms with Crippen molar-refractivity contribution in [1.82, 2.24) is 19.8 Å². The highest BCUT2D eigenvalue weighted by molar-refractivity contribution is 7.09. The van der Waals surface area contributed by atoms with E-state index in [-0.39, 0.29) is 17.7 Å². The Hall–Kier alpha value is -3.86. The van der Waals surface area contributed by atoms with Gasteiger partial charge in [0.05, 0.1) is 31.9 Å². The van der Waals surface area contributed by atoms with Gasteiger partial charge in [-0.2, -0.15) is 0 Å². The molecule has 0 unspecified atom stereocenters. The number of ether oxygens (including phenoxy) is 3. The second kappa shape index (κ2) is 11.9. The van der Waals surface area contributed by atoms with Crippen molar-refractivity contribution in [2.24, 2.45) is 0 Å². The molecule has 0 N–H and O–H groups in total. The van der Waals surface area contributed by atoms with E-state index in [1.54, 1.807) is 25.4 Å². The third kappa shape index (κ3) is 5.49. The SMILES string of the molecule is COc1ccc(C(=O)N2CCC(c3nc(C(=O)N4CCN(c5ccccn5)CC4)cs3)CC2)c(OC)c1OC. The molecule has 2 saturated heterocycles. The lowest BCUT2D eigenvalue weighted by molar-refractivity contribution is 0.0708. The number of piperidine rings is 1. The van der Waals surface area contributed by atoms with Gasteiger partial charge in [0.1, 0.15) is 11.5 Å². The van der Waals surface area contributed by atoms with Gasteiger partial charge in [-0.1, -0.05) is 6.07 Å². The first-order chi connectivity index (χ1) is 19.0. The number of methoxy groups -OCH3 is 3. The summed E-state index contributed by atoms with van der Waals surface area (Å²) < 4.78 is 16.3. The van der Waals surface area contributed by atoms with Crippen LogP contribution in [-0.2, 0) is 0 Å². The van der Waals surface area contributed by atoms with Crippen molar-refractivity contribution < 1.29 is 23.8 Å². The van der Waals surface area contributed by atoms with Crippen molar-refractivity contribution in [3.63, 3.8) is 0 Å². The van der Waals surface area contributed by atoms with Crippen LogP contribution in [0.5, 0.6) is 17.2 Å². The summed E-state index contributed by atoms with van der Waals surface area (Å²) in [6, 6.07) is 9.30. The Morgan fingerprint density at radius 3 is 2.21 bits per heavy atom. The smallest absolute Gasteiger partial charge is 0.273 e. The average molecular weight is 552 g/mol. The first kappa shape index (κ1) is 26.7. The maximum absolute atomic E-state index is 13.4. The van der Waals surface area contributed by atoms with Crippen molar-refractivity contribution in [2.45, 2.75) is 18.8 Å². The quantitative estimate of drug-likeness (QED) is 0.440. The van der Waals surface area contributed by atoms with E-state index in [4.69, 9.17) is 19.2 Å². The number of hydrogen-bond donors (Lipinski definition) is 0. The molecule has 2 aliphatic heterocycles. The highest BCUT2D eigenvalue weighted by atomic mass is 32.1. The molecule has 10 nitrogen and oxygen atoms in total. The van der Waals surface area contributed by atoms with E-state index in [1.807, 2.05) is 33.4 Å². The Morgan fingerprint density at radius 2 is 1.56 bits per heavy atom. The predicted octanol–water partition coefficient (Wildman–Crippen LogP) is 3.55. The Morgan fingerprint density at radius 1 is 0.846 bits per heavy atom. The molecule has 0 radical (unpaired) electrons. The van der Waals surface area contributed by atoms with Gasteiger partial charge in [-0.15, -0.1) is 11.3 Å². The molecular weight excluding hydrogens is 518 g/mol. The minimum atomic E-state index is -0.105. The van der Waals surface area contributed by atoms with Crippen LogP contribution in [0, 0.1) is 0 Å². The highest BCUT2D eigenvalue weighted by Crippen LogP contribution is 2.41. The molecule has 2 fully saturated rings. The fraction of sp³-hybridized carbons (Fsp3) is 0.429. The molecule has 0 saturated carbocycles. The molecule has 2 aromatic heterocycles. The van der Waals surface area contributed by atoms with Gasteiger partial charge >= 0.3 is 0 Å². The number of aromatic nitrogens is 2. The summed E-state index contributed by atoms with van der Waals surface area (Å²) >= 11 is 1.53. The van der Waals surface area contributed by atoms with Crippen LogP contribution in [-0.4, -0.2) is 92.2 Å². The first-order valence-electron chi connectivity index (χ1n) is 13.0. The number of piperazine rings is 1. The number of rotatable bonds is 7. The summed E-state index contributed by atoms with van der Waals surface area (Å²) in [5.74, 6) is 2.31. The van der Waals surface area contributed by atoms with E-state index in [9.17, 15) is 9.59 Å². The van der Waals surface area contributed by atoms with Crippen LogP contribution in [0.2, 0.25) is 0 Å². The number of hydrogen-bond acceptors (Lipinski definition) is 9. The monoisotopic (exact) mass is 551 g/mol. The van der Waals surface area contributed by atoms with Gasteiger partial charge in [-0.05, 0) is 37.1 Å². The molecule has 0 atom stereocenters. The molecule has 11 heteroatoms. The number of benzene rings is 1. The Labute approximate surface area is 232 Å². The van der Waals surface area contributed by atoms with Gasteiger partial charge < -0.3 is 28.9 Å². The fourth-order valence-electron chi connectivity index (χ4n) is 5.18. The summed E-state index contributed by atoms with van der Waals surface area (Å²) in [5.41, 5.74) is 0.953. The number of anilines is 1. The Balaban J connectivity index is 1.18. The minimum absolute atomic E-state index is 0.0219. The second-order valence-corrected chi connectivity index (χ2v) is 10.4. The van der Waals surface area contributed by atoms with Crippen molar-refractivity contribution in [2.75, 3.05) is 65.5 Å². The molecule has 5 rings (SSSR count). The van der Waals surface area contributed by atoms with Gasteiger partial charge in [0.25, 0.3) is 11.8 Å². The van der Waals surface area contributed by atoms with Crippen LogP contribution in [0.4, 0.5) is 5.82 Å². The zero-order chi connectivity index (χ0) is 27.4. The lowest BCUT2D eigenvalue weighted by Gasteiger charge is -2.35. The van der Waals surface area contributed by atoms with Crippen molar-refractivity contribution in [1.29, 1.82) is 0 Å². The van der Waals surface area contributed by atoms with E-state index >= 15 is 0 Å². The highest BCUT2D eigenvalue weighted by Gasteiger charge is 2.31. The Kier molecular flexibility index (Phi) is 8.16. The molecule has 206 valence electrons. The van der Waals surface area contributed by atoms with Crippen LogP contribution >= 0.6 is 11.3 Å². The molecule has 0 aliphatic carbocycles. The van der Waals surface area contributed by atoms with E-state index < -0.39 is 0 Å². The van der Waals surface area contributed by atoms with Crippen LogP contribution in [0.15, 0.2) is 41.9 Å². The van der Waals surface area contributed by atoms with Gasteiger partial charge in [-0.3, -0.25) is 9.59 Å². The normalized spacial score (nSPS) is 16.2. The van der Waals surface area contributed by atoms with Gasteiger partial charge in [0.2, 0.25) is 5.75 Å². The largest absolute Gasteiger partial charge is 0.493 e. The fourth-order valence-corrected chi connectivity index (χ4v) is 6.15. The van der Waals surface area contributed by atoms with Gasteiger partial charge in [0, 0.05) is 56.8 Å². The van der Waals surface area contributed by atoms with Crippen molar-refractivity contribution >= 4 is 29.0 Å². The third-order valence-electron chi connectivity index (χ3n) is 7.35. The third-order valence-corrected chi connectivity index (χ3v) is 8.35. The number of carbonyl (C=O) groups is 2. The minimum Gasteiger partial charge on any atom is -0.493 e. The molecule has 39 heavy (non-hydrogen) atoms. The van der Waals surface area contributed by atoms with E-state index in [0.29, 0.717) is 54.7 Å². The predicted molar refractivity (Wildman–Crippen MR) is 148 cm³/mol. The number of pyridine rings is 1. The average Bonchev–Trinajstić information content (AvgIpc) is 3.50. The molecule has 2 amide bonds. The topological polar surface area (TPSA) is 97.3 Å². The van der Waals surface area contributed by atoms with Crippen molar-refractivity contribution in [3.05, 3.63) is 58.2 Å².